The average molecular weight is 504 g/mol. The minimum Gasteiger partial charge on any atom is -0.481 e. The quantitative estimate of drug-likeness (QED) is 0.399. The first-order valence-corrected chi connectivity index (χ1v) is 11.3. The molecule has 0 unspecified atom stereocenters. The SMILES string of the molecule is CC(C)(C)[C@@H](O)COc1cc(C(=O)N[C@@H](CC(=O)O)c2ccc(Cl)cc2)nn1-c1ccccc1F. The number of nitrogens with zero attached hydrogens (tertiary/aromatic N) is 2. The third-order valence-corrected chi connectivity index (χ3v) is 5.59. The fraction of sp³-hybridized carbons (Fsp3) is 0.320. The lowest BCUT2D eigenvalue weighted by atomic mass is 9.90. The van der Waals surface area contributed by atoms with Gasteiger partial charge in [0.2, 0.25) is 5.88 Å². The van der Waals surface area contributed by atoms with Crippen LogP contribution in [-0.4, -0.2) is 44.6 Å². The van der Waals surface area contributed by atoms with E-state index in [2.05, 4.69) is 10.4 Å². The van der Waals surface area contributed by atoms with Crippen molar-refractivity contribution in [1.82, 2.24) is 15.1 Å². The first-order valence-electron chi connectivity index (χ1n) is 10.9. The summed E-state index contributed by atoms with van der Waals surface area (Å²) in [5.41, 5.74) is 0.0130. The largest absolute Gasteiger partial charge is 0.481 e. The lowest BCUT2D eigenvalue weighted by Crippen LogP contribution is -2.32. The predicted octanol–water partition coefficient (Wildman–Crippen LogP) is 4.40. The molecule has 0 aliphatic rings. The summed E-state index contributed by atoms with van der Waals surface area (Å²) >= 11 is 5.92. The van der Waals surface area contributed by atoms with Crippen molar-refractivity contribution < 1.29 is 28.9 Å². The number of carboxylic acids is 1. The van der Waals surface area contributed by atoms with Crippen LogP contribution in [0.3, 0.4) is 0 Å². The van der Waals surface area contributed by atoms with Gasteiger partial charge in [0, 0.05) is 11.1 Å². The predicted molar refractivity (Wildman–Crippen MR) is 128 cm³/mol. The fourth-order valence-electron chi connectivity index (χ4n) is 3.14. The fourth-order valence-corrected chi connectivity index (χ4v) is 3.27. The minimum atomic E-state index is -1.11. The molecule has 0 saturated carbocycles. The summed E-state index contributed by atoms with van der Waals surface area (Å²) < 4.78 is 21.4. The van der Waals surface area contributed by atoms with Crippen LogP contribution in [-0.2, 0) is 4.79 Å². The topological polar surface area (TPSA) is 114 Å². The van der Waals surface area contributed by atoms with Crippen LogP contribution in [0.2, 0.25) is 5.02 Å². The number of amides is 1. The Balaban J connectivity index is 1.92. The maximum Gasteiger partial charge on any atom is 0.305 e. The maximum atomic E-state index is 14.5. The Morgan fingerprint density at radius 1 is 1.17 bits per heavy atom. The molecule has 3 aromatic rings. The van der Waals surface area contributed by atoms with Gasteiger partial charge in [-0.25, -0.2) is 4.39 Å². The molecule has 1 heterocycles. The van der Waals surface area contributed by atoms with Crippen LogP contribution in [0.15, 0.2) is 54.6 Å². The van der Waals surface area contributed by atoms with Crippen LogP contribution < -0.4 is 10.1 Å². The van der Waals surface area contributed by atoms with Gasteiger partial charge < -0.3 is 20.3 Å². The molecule has 2 atom stereocenters. The summed E-state index contributed by atoms with van der Waals surface area (Å²) in [4.78, 5) is 24.4. The third-order valence-electron chi connectivity index (χ3n) is 5.34. The Kier molecular flexibility index (Phi) is 8.14. The number of para-hydroxylation sites is 1. The summed E-state index contributed by atoms with van der Waals surface area (Å²) in [5.74, 6) is -2.33. The molecular formula is C25H27ClFN3O5. The number of carbonyl (C=O) groups is 2. The van der Waals surface area contributed by atoms with Crippen LogP contribution >= 0.6 is 11.6 Å². The summed E-state index contributed by atoms with van der Waals surface area (Å²) in [6.07, 6.45) is -1.21. The molecule has 0 bridgehead atoms. The molecule has 0 spiro atoms. The van der Waals surface area contributed by atoms with Crippen molar-refractivity contribution >= 4 is 23.5 Å². The van der Waals surface area contributed by atoms with E-state index in [1.807, 2.05) is 20.8 Å². The van der Waals surface area contributed by atoms with E-state index >= 15 is 0 Å². The van der Waals surface area contributed by atoms with Crippen molar-refractivity contribution in [3.05, 3.63) is 76.7 Å². The molecule has 3 N–H and O–H groups in total. The Labute approximate surface area is 207 Å². The molecule has 10 heteroatoms. The molecule has 0 fully saturated rings. The number of halogens is 2. The van der Waals surface area contributed by atoms with E-state index in [1.54, 1.807) is 30.3 Å². The van der Waals surface area contributed by atoms with E-state index < -0.39 is 35.3 Å². The number of aromatic nitrogens is 2. The van der Waals surface area contributed by atoms with Gasteiger partial charge in [-0.2, -0.15) is 9.78 Å². The Hall–Kier alpha value is -3.43. The molecule has 3 rings (SSSR count). The van der Waals surface area contributed by atoms with Gasteiger partial charge in [0.25, 0.3) is 5.91 Å². The molecule has 186 valence electrons. The Morgan fingerprint density at radius 2 is 1.83 bits per heavy atom. The monoisotopic (exact) mass is 503 g/mol. The van der Waals surface area contributed by atoms with Crippen molar-refractivity contribution in [1.29, 1.82) is 0 Å². The number of rotatable bonds is 9. The number of carbonyl (C=O) groups excluding carboxylic acids is 1. The van der Waals surface area contributed by atoms with Crippen molar-refractivity contribution in [3.63, 3.8) is 0 Å². The number of ether oxygens (including phenoxy) is 1. The van der Waals surface area contributed by atoms with Gasteiger partial charge in [-0.3, -0.25) is 9.59 Å². The summed E-state index contributed by atoms with van der Waals surface area (Å²) in [6, 6.07) is 12.7. The highest BCUT2D eigenvalue weighted by Gasteiger charge is 2.26. The van der Waals surface area contributed by atoms with Gasteiger partial charge in [-0.05, 0) is 35.2 Å². The number of hydrogen-bond acceptors (Lipinski definition) is 5. The Bertz CT molecular complexity index is 1190. The minimum absolute atomic E-state index is 0.0461. The highest BCUT2D eigenvalue weighted by Crippen LogP contribution is 2.26. The molecule has 0 saturated heterocycles. The van der Waals surface area contributed by atoms with E-state index in [-0.39, 0.29) is 30.3 Å². The number of aliphatic hydroxyl groups is 1. The third kappa shape index (κ3) is 6.80. The normalized spacial score (nSPS) is 13.2. The number of benzene rings is 2. The highest BCUT2D eigenvalue weighted by molar-refractivity contribution is 6.30. The van der Waals surface area contributed by atoms with Gasteiger partial charge >= 0.3 is 5.97 Å². The number of carboxylic acid groups (broad SMARTS) is 1. The van der Waals surface area contributed by atoms with E-state index in [0.717, 1.165) is 4.68 Å². The zero-order chi connectivity index (χ0) is 25.8. The smallest absolute Gasteiger partial charge is 0.305 e. The van der Waals surface area contributed by atoms with Gasteiger partial charge in [0.1, 0.15) is 18.1 Å². The first-order chi connectivity index (χ1) is 16.5. The molecule has 0 radical (unpaired) electrons. The summed E-state index contributed by atoms with van der Waals surface area (Å²) in [7, 11) is 0. The molecule has 1 aromatic heterocycles. The molecule has 0 aliphatic carbocycles. The second-order valence-corrected chi connectivity index (χ2v) is 9.54. The first kappa shape index (κ1) is 26.2. The van der Waals surface area contributed by atoms with Crippen molar-refractivity contribution in [3.8, 4) is 11.6 Å². The lowest BCUT2D eigenvalue weighted by Gasteiger charge is -2.25. The van der Waals surface area contributed by atoms with Gasteiger partial charge in [-0.15, -0.1) is 0 Å². The van der Waals surface area contributed by atoms with E-state index in [4.69, 9.17) is 16.3 Å². The zero-order valence-corrected chi connectivity index (χ0v) is 20.3. The molecule has 2 aromatic carbocycles. The maximum absolute atomic E-state index is 14.5. The molecule has 1 amide bonds. The van der Waals surface area contributed by atoms with E-state index in [1.165, 1.54) is 24.3 Å². The number of nitrogens with one attached hydrogen (secondary N) is 1. The summed E-state index contributed by atoms with van der Waals surface area (Å²) in [6.45, 7) is 5.41. The van der Waals surface area contributed by atoms with Crippen LogP contribution in [0.25, 0.3) is 5.69 Å². The second-order valence-electron chi connectivity index (χ2n) is 9.10. The van der Waals surface area contributed by atoms with Gasteiger partial charge in [-0.1, -0.05) is 56.6 Å². The van der Waals surface area contributed by atoms with Gasteiger partial charge in [0.15, 0.2) is 5.69 Å². The van der Waals surface area contributed by atoms with Crippen LogP contribution in [0.4, 0.5) is 4.39 Å². The van der Waals surface area contributed by atoms with Crippen molar-refractivity contribution in [2.75, 3.05) is 6.61 Å². The highest BCUT2D eigenvalue weighted by atomic mass is 35.5. The van der Waals surface area contributed by atoms with Crippen LogP contribution in [0.5, 0.6) is 5.88 Å². The lowest BCUT2D eigenvalue weighted by molar-refractivity contribution is -0.137. The molecule has 0 aliphatic heterocycles. The number of aliphatic carboxylic acids is 1. The van der Waals surface area contributed by atoms with E-state index in [0.29, 0.717) is 10.6 Å². The molecule has 8 nitrogen and oxygen atoms in total. The summed E-state index contributed by atoms with van der Waals surface area (Å²) in [5, 5.41) is 27.0. The second kappa shape index (κ2) is 10.9. The average Bonchev–Trinajstić information content (AvgIpc) is 3.21. The molecule has 35 heavy (non-hydrogen) atoms. The number of hydrogen-bond donors (Lipinski definition) is 3. The van der Waals surface area contributed by atoms with Crippen molar-refractivity contribution in [2.45, 2.75) is 39.3 Å². The van der Waals surface area contributed by atoms with Crippen molar-refractivity contribution in [2.24, 2.45) is 5.41 Å². The van der Waals surface area contributed by atoms with Gasteiger partial charge in [0.05, 0.1) is 18.6 Å². The standard InChI is InChI=1S/C25H27ClFN3O5/c1-25(2,3)21(31)14-35-22-12-19(29-30(22)20-7-5-4-6-17(20)27)24(34)28-18(13-23(32)33)15-8-10-16(26)11-9-15/h4-12,18,21,31H,13-14H2,1-3H3,(H,28,34)(H,32,33)/t18-,21-/m0/s1. The van der Waals surface area contributed by atoms with Crippen LogP contribution in [0.1, 0.15) is 49.3 Å². The zero-order valence-electron chi connectivity index (χ0n) is 19.5. The number of aliphatic hydroxyl groups excluding tert-OH is 1. The molecular weight excluding hydrogens is 477 g/mol. The van der Waals surface area contributed by atoms with Crippen LogP contribution in [0, 0.1) is 11.2 Å². The Morgan fingerprint density at radius 3 is 2.43 bits per heavy atom. The van der Waals surface area contributed by atoms with E-state index in [9.17, 15) is 24.2 Å².